The zero-order valence-electron chi connectivity index (χ0n) is 12.5. The Morgan fingerprint density at radius 1 is 1.00 bits per heavy atom. The van der Waals surface area contributed by atoms with Crippen molar-refractivity contribution >= 4 is 11.8 Å². The Morgan fingerprint density at radius 2 is 1.57 bits per heavy atom. The number of rotatable bonds is 8. The van der Waals surface area contributed by atoms with Gasteiger partial charge >= 0.3 is 0 Å². The molecule has 0 saturated carbocycles. The molecule has 0 unspecified atom stereocenters. The van der Waals surface area contributed by atoms with Crippen molar-refractivity contribution in [3.05, 3.63) is 12.2 Å². The second-order valence-electron chi connectivity index (χ2n) is 6.07. The Balaban J connectivity index is 1.43. The lowest BCUT2D eigenvalue weighted by Gasteiger charge is -2.16. The van der Waals surface area contributed by atoms with Gasteiger partial charge in [0.25, 0.3) is 11.8 Å². The number of amides is 2. The molecule has 0 spiro atoms. The minimum atomic E-state index is -0.364. The first-order valence-electron chi connectivity index (χ1n) is 8.08. The summed E-state index contributed by atoms with van der Waals surface area (Å²) in [6.07, 6.45) is 10.2. The SMILES string of the molecule is CCCCCCCCON1C(=O)[C@@H]2[C@H](C1=O)[C@H]1C=C[C@@H]2O1. The Bertz CT molecular complexity index is 418. The van der Waals surface area contributed by atoms with Gasteiger partial charge in [-0.25, -0.2) is 0 Å². The minimum absolute atomic E-state index is 0.229. The number of hydrogen-bond donors (Lipinski definition) is 0. The second kappa shape index (κ2) is 6.28. The van der Waals surface area contributed by atoms with Crippen LogP contribution in [0.3, 0.4) is 0 Å². The molecule has 21 heavy (non-hydrogen) atoms. The van der Waals surface area contributed by atoms with Crippen LogP contribution in [0, 0.1) is 11.8 Å². The summed E-state index contributed by atoms with van der Waals surface area (Å²) in [7, 11) is 0. The highest BCUT2D eigenvalue weighted by molar-refractivity contribution is 6.05. The van der Waals surface area contributed by atoms with Gasteiger partial charge < -0.3 is 4.74 Å². The molecule has 3 rings (SSSR count). The van der Waals surface area contributed by atoms with Crippen LogP contribution in [0.25, 0.3) is 0 Å². The average molecular weight is 293 g/mol. The molecular weight excluding hydrogens is 270 g/mol. The third-order valence-electron chi connectivity index (χ3n) is 4.59. The summed E-state index contributed by atoms with van der Waals surface area (Å²) < 4.78 is 5.57. The lowest BCUT2D eigenvalue weighted by Crippen LogP contribution is -2.34. The van der Waals surface area contributed by atoms with Gasteiger partial charge in [-0.3, -0.25) is 14.4 Å². The third kappa shape index (κ3) is 2.64. The fourth-order valence-corrected chi connectivity index (χ4v) is 3.44. The standard InChI is InChI=1S/C16H23NO4/c1-2-3-4-5-6-7-10-20-17-15(18)13-11-8-9-12(21-11)14(13)16(17)19/h8-9,11-14H,2-7,10H2,1H3/t11-,12+,13-,14+. The van der Waals surface area contributed by atoms with Crippen LogP contribution >= 0.6 is 0 Å². The van der Waals surface area contributed by atoms with Gasteiger partial charge in [0.15, 0.2) is 0 Å². The van der Waals surface area contributed by atoms with Gasteiger partial charge in [0.1, 0.15) is 0 Å². The Kier molecular flexibility index (Phi) is 4.40. The summed E-state index contributed by atoms with van der Waals surface area (Å²) in [5.41, 5.74) is 0. The predicted molar refractivity (Wildman–Crippen MR) is 76.0 cm³/mol. The Labute approximate surface area is 125 Å². The van der Waals surface area contributed by atoms with E-state index in [1.807, 2.05) is 12.2 Å². The van der Waals surface area contributed by atoms with Crippen LogP contribution in [-0.4, -0.2) is 35.7 Å². The van der Waals surface area contributed by atoms with E-state index in [1.54, 1.807) is 0 Å². The van der Waals surface area contributed by atoms with Gasteiger partial charge in [0.05, 0.1) is 30.7 Å². The smallest absolute Gasteiger partial charge is 0.260 e. The molecule has 0 aromatic carbocycles. The largest absolute Gasteiger partial charge is 0.365 e. The van der Waals surface area contributed by atoms with Crippen LogP contribution in [0.2, 0.25) is 0 Å². The van der Waals surface area contributed by atoms with Crippen LogP contribution in [0.4, 0.5) is 0 Å². The van der Waals surface area contributed by atoms with Crippen LogP contribution in [-0.2, 0) is 19.2 Å². The molecule has 0 aromatic heterocycles. The maximum absolute atomic E-state index is 12.3. The van der Waals surface area contributed by atoms with Crippen molar-refractivity contribution in [3.63, 3.8) is 0 Å². The fraction of sp³-hybridized carbons (Fsp3) is 0.750. The average Bonchev–Trinajstić information content (AvgIpc) is 3.15. The summed E-state index contributed by atoms with van der Waals surface area (Å²) in [5.74, 6) is -1.19. The maximum atomic E-state index is 12.3. The number of fused-ring (bicyclic) bond motifs is 5. The van der Waals surface area contributed by atoms with E-state index in [0.29, 0.717) is 6.61 Å². The lowest BCUT2D eigenvalue weighted by molar-refractivity contribution is -0.192. The van der Waals surface area contributed by atoms with Crippen molar-refractivity contribution in [2.75, 3.05) is 6.61 Å². The number of ether oxygens (including phenoxy) is 1. The molecule has 3 aliphatic heterocycles. The van der Waals surface area contributed by atoms with Gasteiger partial charge in [-0.15, -0.1) is 0 Å². The van der Waals surface area contributed by atoms with Crippen molar-refractivity contribution < 1.29 is 19.2 Å². The number of hydroxylamine groups is 2. The molecular formula is C16H23NO4. The van der Waals surface area contributed by atoms with E-state index < -0.39 is 0 Å². The first kappa shape index (κ1) is 14.7. The number of unbranched alkanes of at least 4 members (excludes halogenated alkanes) is 5. The van der Waals surface area contributed by atoms with Crippen molar-refractivity contribution in [2.24, 2.45) is 11.8 Å². The van der Waals surface area contributed by atoms with Crippen LogP contribution < -0.4 is 0 Å². The molecule has 2 saturated heterocycles. The molecule has 5 heteroatoms. The van der Waals surface area contributed by atoms with Gasteiger partial charge in [0.2, 0.25) is 0 Å². The van der Waals surface area contributed by atoms with Gasteiger partial charge in [-0.1, -0.05) is 51.2 Å². The normalized spacial score (nSPS) is 33.3. The number of nitrogens with zero attached hydrogens (tertiary/aromatic N) is 1. The number of hydrogen-bond acceptors (Lipinski definition) is 4. The maximum Gasteiger partial charge on any atom is 0.260 e. The van der Waals surface area contributed by atoms with E-state index in [-0.39, 0.29) is 35.9 Å². The highest BCUT2D eigenvalue weighted by Gasteiger charge is 2.61. The van der Waals surface area contributed by atoms with Crippen molar-refractivity contribution in [3.8, 4) is 0 Å². The quantitative estimate of drug-likeness (QED) is 0.391. The van der Waals surface area contributed by atoms with Gasteiger partial charge in [-0.05, 0) is 6.42 Å². The van der Waals surface area contributed by atoms with Crippen LogP contribution in [0.15, 0.2) is 12.2 Å². The van der Waals surface area contributed by atoms with Gasteiger partial charge in [0, 0.05) is 0 Å². The van der Waals surface area contributed by atoms with E-state index >= 15 is 0 Å². The third-order valence-corrected chi connectivity index (χ3v) is 4.59. The predicted octanol–water partition coefficient (Wildman–Crippen LogP) is 2.22. The molecule has 4 atom stereocenters. The minimum Gasteiger partial charge on any atom is -0.365 e. The Hall–Kier alpha value is -1.20. The van der Waals surface area contributed by atoms with E-state index in [2.05, 4.69) is 6.92 Å². The molecule has 116 valence electrons. The first-order chi connectivity index (χ1) is 10.2. The highest BCUT2D eigenvalue weighted by atomic mass is 16.7. The summed E-state index contributed by atoms with van der Waals surface area (Å²) in [4.78, 5) is 30.0. The van der Waals surface area contributed by atoms with E-state index in [1.165, 1.54) is 25.7 Å². The fourth-order valence-electron chi connectivity index (χ4n) is 3.44. The first-order valence-corrected chi connectivity index (χ1v) is 8.08. The van der Waals surface area contributed by atoms with E-state index in [4.69, 9.17) is 9.57 Å². The van der Waals surface area contributed by atoms with E-state index in [0.717, 1.165) is 17.9 Å². The Morgan fingerprint density at radius 3 is 2.19 bits per heavy atom. The zero-order chi connectivity index (χ0) is 14.8. The number of carbonyl (C=O) groups is 2. The monoisotopic (exact) mass is 293 g/mol. The molecule has 2 fully saturated rings. The molecule has 3 aliphatic rings. The second-order valence-corrected chi connectivity index (χ2v) is 6.07. The zero-order valence-corrected chi connectivity index (χ0v) is 12.5. The molecule has 5 nitrogen and oxygen atoms in total. The van der Waals surface area contributed by atoms with Crippen LogP contribution in [0.1, 0.15) is 45.4 Å². The van der Waals surface area contributed by atoms with Crippen LogP contribution in [0.5, 0.6) is 0 Å². The molecule has 0 aromatic rings. The lowest BCUT2D eigenvalue weighted by atomic mass is 9.85. The van der Waals surface area contributed by atoms with E-state index in [9.17, 15) is 9.59 Å². The van der Waals surface area contributed by atoms with Gasteiger partial charge in [-0.2, -0.15) is 5.06 Å². The number of carbonyl (C=O) groups excluding carboxylic acids is 2. The topological polar surface area (TPSA) is 55.8 Å². The molecule has 2 amide bonds. The summed E-state index contributed by atoms with van der Waals surface area (Å²) in [6.45, 7) is 2.63. The summed E-state index contributed by atoms with van der Waals surface area (Å²) in [5, 5.41) is 0.997. The van der Waals surface area contributed by atoms with Crippen molar-refractivity contribution in [2.45, 2.75) is 57.7 Å². The molecule has 0 aliphatic carbocycles. The molecule has 2 bridgehead atoms. The van der Waals surface area contributed by atoms with Crippen molar-refractivity contribution in [1.82, 2.24) is 5.06 Å². The highest BCUT2D eigenvalue weighted by Crippen LogP contribution is 2.45. The molecule has 3 heterocycles. The van der Waals surface area contributed by atoms with Crippen molar-refractivity contribution in [1.29, 1.82) is 0 Å². The number of imide groups is 1. The molecule has 0 radical (unpaired) electrons. The summed E-state index contributed by atoms with van der Waals surface area (Å²) in [6, 6.07) is 0. The summed E-state index contributed by atoms with van der Waals surface area (Å²) >= 11 is 0. The molecule has 0 N–H and O–H groups in total.